The smallest absolute Gasteiger partial charge is 0.336 e. The Bertz CT molecular complexity index is 1440. The van der Waals surface area contributed by atoms with Gasteiger partial charge in [-0.3, -0.25) is 4.90 Å². The summed E-state index contributed by atoms with van der Waals surface area (Å²) in [5.41, 5.74) is 6.40. The molecule has 2 aromatic carbocycles. The summed E-state index contributed by atoms with van der Waals surface area (Å²) in [6, 6.07) is 13.9. The van der Waals surface area contributed by atoms with Crippen LogP contribution in [0.1, 0.15) is 74.2 Å². The summed E-state index contributed by atoms with van der Waals surface area (Å²) in [7, 11) is 1.91. The second-order valence-corrected chi connectivity index (χ2v) is 12.4. The van der Waals surface area contributed by atoms with Crippen molar-refractivity contribution < 1.29 is 14.6 Å². The van der Waals surface area contributed by atoms with E-state index in [1.54, 1.807) is 6.07 Å². The minimum absolute atomic E-state index is 0.0256. The number of rotatable bonds is 8. The number of carbonyl (C=O) groups is 1. The molecule has 0 amide bonds. The number of aromatic carboxylic acids is 1. The molecule has 1 aliphatic carbocycles. The second kappa shape index (κ2) is 13.0. The average molecular weight is 581 g/mol. The van der Waals surface area contributed by atoms with Crippen LogP contribution in [0.15, 0.2) is 60.9 Å². The zero-order valence-corrected chi connectivity index (χ0v) is 25.6. The van der Waals surface area contributed by atoms with Crippen LogP contribution < -0.4 is 4.90 Å². The third kappa shape index (κ3) is 6.24. The van der Waals surface area contributed by atoms with E-state index in [1.807, 2.05) is 43.8 Å². The number of anilines is 1. The minimum atomic E-state index is -0.886. The molecule has 7 heteroatoms. The zero-order chi connectivity index (χ0) is 29.8. The first-order valence-electron chi connectivity index (χ1n) is 16.0. The van der Waals surface area contributed by atoms with E-state index < -0.39 is 5.97 Å². The SMILES string of the molecule is CCN1CC=C(c2cc(-c3ccc(-c4ncc(N5CCC(OC)(C6CCCCC6)CC5)cn4)cc3)ccc2C(=O)O)CC1. The van der Waals surface area contributed by atoms with Crippen molar-refractivity contribution in [3.05, 3.63) is 72.1 Å². The summed E-state index contributed by atoms with van der Waals surface area (Å²) < 4.78 is 6.19. The van der Waals surface area contributed by atoms with E-state index in [9.17, 15) is 9.90 Å². The van der Waals surface area contributed by atoms with Crippen LogP contribution in [-0.4, -0.2) is 71.4 Å². The lowest BCUT2D eigenvalue weighted by Crippen LogP contribution is -2.50. The lowest BCUT2D eigenvalue weighted by atomic mass is 9.72. The number of benzene rings is 2. The fourth-order valence-corrected chi connectivity index (χ4v) is 7.42. The number of carboxylic acid groups (broad SMARTS) is 1. The number of hydrogen-bond acceptors (Lipinski definition) is 6. The van der Waals surface area contributed by atoms with Crippen molar-refractivity contribution in [1.29, 1.82) is 0 Å². The Morgan fingerprint density at radius 1 is 0.953 bits per heavy atom. The summed E-state index contributed by atoms with van der Waals surface area (Å²) in [4.78, 5) is 26.2. The molecule has 1 aromatic heterocycles. The van der Waals surface area contributed by atoms with Gasteiger partial charge in [-0.1, -0.05) is 62.6 Å². The van der Waals surface area contributed by atoms with E-state index in [0.717, 1.165) is 85.5 Å². The minimum Gasteiger partial charge on any atom is -0.478 e. The van der Waals surface area contributed by atoms with E-state index in [0.29, 0.717) is 17.3 Å². The molecule has 2 fully saturated rings. The van der Waals surface area contributed by atoms with Gasteiger partial charge in [-0.15, -0.1) is 0 Å². The first-order chi connectivity index (χ1) is 21.0. The fraction of sp³-hybridized carbons (Fsp3) is 0.472. The van der Waals surface area contributed by atoms with Crippen molar-refractivity contribution in [2.24, 2.45) is 5.92 Å². The van der Waals surface area contributed by atoms with Gasteiger partial charge < -0.3 is 14.7 Å². The van der Waals surface area contributed by atoms with Crippen LogP contribution in [0, 0.1) is 5.92 Å². The molecule has 0 unspecified atom stereocenters. The number of methoxy groups -OCH3 is 1. The van der Waals surface area contributed by atoms with Crippen LogP contribution >= 0.6 is 0 Å². The Morgan fingerprint density at radius 3 is 2.23 bits per heavy atom. The third-order valence-electron chi connectivity index (χ3n) is 10.2. The molecule has 0 bridgehead atoms. The molecular formula is C36H44N4O3. The van der Waals surface area contributed by atoms with Crippen molar-refractivity contribution in [1.82, 2.24) is 14.9 Å². The van der Waals surface area contributed by atoms with Gasteiger partial charge in [0, 0.05) is 38.9 Å². The van der Waals surface area contributed by atoms with Crippen LogP contribution in [-0.2, 0) is 4.74 Å². The van der Waals surface area contributed by atoms with Crippen molar-refractivity contribution in [3.8, 4) is 22.5 Å². The summed E-state index contributed by atoms with van der Waals surface area (Å²) in [6.07, 6.45) is 15.7. The highest BCUT2D eigenvalue weighted by molar-refractivity contribution is 5.95. The van der Waals surface area contributed by atoms with Gasteiger partial charge in [0.05, 0.1) is 29.2 Å². The Balaban J connectivity index is 1.14. The maximum Gasteiger partial charge on any atom is 0.336 e. The Morgan fingerprint density at radius 2 is 1.63 bits per heavy atom. The maximum absolute atomic E-state index is 12.0. The van der Waals surface area contributed by atoms with Gasteiger partial charge in [-0.2, -0.15) is 0 Å². The zero-order valence-electron chi connectivity index (χ0n) is 25.6. The first kappa shape index (κ1) is 29.5. The van der Waals surface area contributed by atoms with Crippen molar-refractivity contribution >= 4 is 17.2 Å². The van der Waals surface area contributed by atoms with Gasteiger partial charge in [0.2, 0.25) is 0 Å². The highest BCUT2D eigenvalue weighted by Gasteiger charge is 2.42. The van der Waals surface area contributed by atoms with Gasteiger partial charge in [0.15, 0.2) is 5.82 Å². The Hall–Kier alpha value is -3.55. The average Bonchev–Trinajstić information content (AvgIpc) is 3.08. The maximum atomic E-state index is 12.0. The molecule has 3 aromatic rings. The molecule has 226 valence electrons. The number of aromatic nitrogens is 2. The predicted octanol–water partition coefficient (Wildman–Crippen LogP) is 7.18. The van der Waals surface area contributed by atoms with Gasteiger partial charge in [0.25, 0.3) is 0 Å². The highest BCUT2D eigenvalue weighted by atomic mass is 16.5. The number of likely N-dealkylation sites (N-methyl/N-ethyl adjacent to an activating group) is 1. The molecule has 2 aliphatic heterocycles. The Labute approximate surface area is 255 Å². The number of hydrogen-bond donors (Lipinski definition) is 1. The fourth-order valence-electron chi connectivity index (χ4n) is 7.42. The molecule has 0 radical (unpaired) electrons. The number of nitrogens with zero attached hydrogens (tertiary/aromatic N) is 4. The molecular weight excluding hydrogens is 536 g/mol. The highest BCUT2D eigenvalue weighted by Crippen LogP contribution is 2.42. The van der Waals surface area contributed by atoms with Gasteiger partial charge in [0.1, 0.15) is 0 Å². The topological polar surface area (TPSA) is 78.8 Å². The number of carboxylic acids is 1. The van der Waals surface area contributed by atoms with Crippen LogP contribution in [0.4, 0.5) is 5.69 Å². The monoisotopic (exact) mass is 580 g/mol. The molecule has 1 N–H and O–H groups in total. The van der Waals surface area contributed by atoms with Crippen LogP contribution in [0.5, 0.6) is 0 Å². The van der Waals surface area contributed by atoms with E-state index in [2.05, 4.69) is 34.9 Å². The quantitative estimate of drug-likeness (QED) is 0.302. The standard InChI is InChI=1S/C36H44N4O3/c1-3-39-19-15-27(16-20-39)33-23-29(13-14-32(33)35(41)42)26-9-11-28(12-10-26)34-37-24-31(25-38-34)40-21-17-36(43-2,18-22-40)30-7-5-4-6-8-30/h9-15,23-25,30H,3-8,16-22H2,1-2H3,(H,41,42). The van der Waals surface area contributed by atoms with Crippen molar-refractivity contribution in [3.63, 3.8) is 0 Å². The molecule has 1 saturated heterocycles. The molecule has 43 heavy (non-hydrogen) atoms. The van der Waals surface area contributed by atoms with Crippen LogP contribution in [0.2, 0.25) is 0 Å². The molecule has 0 spiro atoms. The van der Waals surface area contributed by atoms with Gasteiger partial charge in [-0.05, 0) is 79.0 Å². The summed E-state index contributed by atoms with van der Waals surface area (Å²) >= 11 is 0. The molecule has 3 aliphatic rings. The molecule has 1 saturated carbocycles. The first-order valence-corrected chi connectivity index (χ1v) is 16.0. The lowest BCUT2D eigenvalue weighted by Gasteiger charge is -2.47. The summed E-state index contributed by atoms with van der Waals surface area (Å²) in [5, 5.41) is 9.85. The van der Waals surface area contributed by atoms with E-state index in [-0.39, 0.29) is 5.60 Å². The largest absolute Gasteiger partial charge is 0.478 e. The molecule has 3 heterocycles. The van der Waals surface area contributed by atoms with Gasteiger partial charge in [-0.25, -0.2) is 14.8 Å². The lowest BCUT2D eigenvalue weighted by molar-refractivity contribution is -0.0856. The Kier molecular flexibility index (Phi) is 8.91. The molecule has 6 rings (SSSR count). The van der Waals surface area contributed by atoms with E-state index in [4.69, 9.17) is 14.7 Å². The van der Waals surface area contributed by atoms with Crippen LogP contribution in [0.25, 0.3) is 28.1 Å². The summed E-state index contributed by atoms with van der Waals surface area (Å²) in [5.74, 6) is 0.506. The van der Waals surface area contributed by atoms with E-state index in [1.165, 1.54) is 32.1 Å². The van der Waals surface area contributed by atoms with Crippen molar-refractivity contribution in [2.75, 3.05) is 44.7 Å². The molecule has 7 nitrogen and oxygen atoms in total. The third-order valence-corrected chi connectivity index (χ3v) is 10.2. The van der Waals surface area contributed by atoms with E-state index >= 15 is 0 Å². The molecule has 0 atom stereocenters. The van der Waals surface area contributed by atoms with Crippen molar-refractivity contribution in [2.45, 2.75) is 63.9 Å². The number of ether oxygens (including phenoxy) is 1. The second-order valence-electron chi connectivity index (χ2n) is 12.4. The predicted molar refractivity (Wildman–Crippen MR) is 172 cm³/mol. The van der Waals surface area contributed by atoms with Gasteiger partial charge >= 0.3 is 5.97 Å². The summed E-state index contributed by atoms with van der Waals surface area (Å²) in [6.45, 7) is 6.90. The normalized spacial score (nSPS) is 19.7. The van der Waals surface area contributed by atoms with Crippen LogP contribution in [0.3, 0.4) is 0 Å². The number of piperidine rings is 1.